The molecule has 0 fully saturated rings. The molecule has 0 aromatic carbocycles. The summed E-state index contributed by atoms with van der Waals surface area (Å²) in [6.07, 6.45) is 3.76. The molecule has 354 valence electrons. The number of hydrogen-bond donors (Lipinski definition) is 5. The molecule has 0 saturated carbocycles. The highest BCUT2D eigenvalue weighted by Gasteiger charge is 2.20. The Kier molecular flexibility index (Phi) is 23.6. The van der Waals surface area contributed by atoms with Crippen molar-refractivity contribution in [2.75, 3.05) is 59.1 Å². The summed E-state index contributed by atoms with van der Waals surface area (Å²) in [6.45, 7) is 5.19. The number of carboxylic acids is 1. The van der Waals surface area contributed by atoms with Gasteiger partial charge in [0.05, 0.1) is 44.8 Å². The first-order valence-corrected chi connectivity index (χ1v) is 24.9. The molecule has 1 amide bonds. The highest BCUT2D eigenvalue weighted by Crippen LogP contribution is 2.29. The molecular formula is C37H53BrN13O11P3. The third-order valence-corrected chi connectivity index (χ3v) is 8.76. The van der Waals surface area contributed by atoms with E-state index >= 15 is 0 Å². The van der Waals surface area contributed by atoms with Gasteiger partial charge in [0.15, 0.2) is 51.9 Å². The minimum absolute atomic E-state index is 0.0800. The van der Waals surface area contributed by atoms with Crippen LogP contribution in [0.5, 0.6) is 29.8 Å². The van der Waals surface area contributed by atoms with Crippen LogP contribution in [0.4, 0.5) is 11.6 Å². The number of fused-ring (bicyclic) bond motifs is 2. The third kappa shape index (κ3) is 17.2. The number of aromatic nitrogens is 10. The maximum Gasteiger partial charge on any atom is 0.341 e. The van der Waals surface area contributed by atoms with Crippen LogP contribution in [0, 0.1) is 0 Å². The lowest BCUT2D eigenvalue weighted by Crippen LogP contribution is -2.27. The van der Waals surface area contributed by atoms with Crippen molar-refractivity contribution in [3.05, 3.63) is 52.5 Å². The Bertz CT molecular complexity index is 2430. The largest absolute Gasteiger partial charge is 0.479 e. The molecule has 2 unspecified atom stereocenters. The minimum atomic E-state index is -1.08. The van der Waals surface area contributed by atoms with Crippen molar-refractivity contribution in [2.45, 2.75) is 52.6 Å². The van der Waals surface area contributed by atoms with Crippen LogP contribution < -0.4 is 35.2 Å². The van der Waals surface area contributed by atoms with Crippen molar-refractivity contribution in [2.24, 2.45) is 0 Å². The van der Waals surface area contributed by atoms with Gasteiger partial charge in [0.25, 0.3) is 11.9 Å². The molecule has 6 rings (SSSR count). The van der Waals surface area contributed by atoms with Gasteiger partial charge in [-0.15, -0.1) is 17.9 Å². The van der Waals surface area contributed by atoms with Gasteiger partial charge in [0, 0.05) is 26.2 Å². The van der Waals surface area contributed by atoms with E-state index in [-0.39, 0.29) is 54.6 Å². The predicted molar refractivity (Wildman–Crippen MR) is 253 cm³/mol. The Labute approximate surface area is 388 Å². The van der Waals surface area contributed by atoms with Crippen LogP contribution in [-0.4, -0.2) is 129 Å². The van der Waals surface area contributed by atoms with E-state index in [4.69, 9.17) is 50.8 Å². The van der Waals surface area contributed by atoms with Gasteiger partial charge in [-0.1, -0.05) is 51.8 Å². The van der Waals surface area contributed by atoms with Crippen molar-refractivity contribution in [1.29, 1.82) is 0 Å². The van der Waals surface area contributed by atoms with E-state index in [9.17, 15) is 9.59 Å². The first-order chi connectivity index (χ1) is 31.2. The number of imidazole rings is 2. The highest BCUT2D eigenvalue weighted by atomic mass is 79.9. The SMILES string of the molecule is CCCCOc1nc(N)c2nc(Br)n(Cc3cccc(OCC(=O)N(C)C)n3)c2n1.CCCCOc1nc(N)c2nc(OC)n(Cc3cccc(OCC(=O)O)n3)c2n1.OOO.PPP. The average Bonchev–Trinajstić information content (AvgIpc) is 3.79. The van der Waals surface area contributed by atoms with Crippen LogP contribution in [0.3, 0.4) is 0 Å². The second-order valence-corrected chi connectivity index (χ2v) is 18.2. The normalized spacial score (nSPS) is 10.4. The molecule has 0 radical (unpaired) electrons. The summed E-state index contributed by atoms with van der Waals surface area (Å²) in [6, 6.07) is 11.1. The second kappa shape index (κ2) is 28.5. The molecule has 0 saturated heterocycles. The fourth-order valence-electron chi connectivity index (χ4n) is 5.12. The lowest BCUT2D eigenvalue weighted by Gasteiger charge is -2.12. The second-order valence-electron chi connectivity index (χ2n) is 13.1. The Morgan fingerprint density at radius 3 is 1.66 bits per heavy atom. The van der Waals surface area contributed by atoms with E-state index < -0.39 is 12.6 Å². The summed E-state index contributed by atoms with van der Waals surface area (Å²) in [5.74, 6) is -0.231. The molecule has 0 bridgehead atoms. The van der Waals surface area contributed by atoms with Crippen LogP contribution in [0.25, 0.3) is 22.3 Å². The molecule has 24 nitrogen and oxygen atoms in total. The highest BCUT2D eigenvalue weighted by molar-refractivity contribution is 9.10. The van der Waals surface area contributed by atoms with Crippen molar-refractivity contribution in [3.63, 3.8) is 0 Å². The van der Waals surface area contributed by atoms with Crippen LogP contribution in [-0.2, 0) is 27.7 Å². The number of nitrogens with two attached hydrogens (primary N) is 2. The predicted octanol–water partition coefficient (Wildman–Crippen LogP) is 4.96. The molecule has 6 heterocycles. The number of nitrogen functional groups attached to an aromatic ring is 2. The van der Waals surface area contributed by atoms with E-state index in [1.54, 1.807) is 42.9 Å². The number of anilines is 2. The van der Waals surface area contributed by atoms with Crippen LogP contribution >= 0.6 is 41.7 Å². The maximum atomic E-state index is 11.7. The zero-order chi connectivity index (χ0) is 47.9. The van der Waals surface area contributed by atoms with Gasteiger partial charge in [-0.2, -0.15) is 24.9 Å². The number of likely N-dealkylation sites (N-methyl/N-ethyl adjacent to an activating group) is 1. The summed E-state index contributed by atoms with van der Waals surface area (Å²) in [4.78, 5) is 58.6. The van der Waals surface area contributed by atoms with Crippen molar-refractivity contribution in [1.82, 2.24) is 53.9 Å². The van der Waals surface area contributed by atoms with Crippen LogP contribution in [0.2, 0.25) is 0 Å². The molecule has 6 aromatic rings. The number of ether oxygens (including phenoxy) is 5. The Balaban J connectivity index is 0.000000308. The number of carbonyl (C=O) groups excluding carboxylic acids is 1. The smallest absolute Gasteiger partial charge is 0.341 e. The van der Waals surface area contributed by atoms with E-state index in [2.05, 4.69) is 92.5 Å². The number of nitrogens with zero attached hydrogens (tertiary/aromatic N) is 11. The number of methoxy groups -OCH3 is 1. The number of rotatable bonds is 19. The maximum absolute atomic E-state index is 11.7. The van der Waals surface area contributed by atoms with Crippen molar-refractivity contribution in [3.8, 4) is 29.8 Å². The van der Waals surface area contributed by atoms with Gasteiger partial charge in [0.2, 0.25) is 11.8 Å². The quantitative estimate of drug-likeness (QED) is 0.0235. The summed E-state index contributed by atoms with van der Waals surface area (Å²) < 4.78 is 31.2. The Morgan fingerprint density at radius 1 is 0.738 bits per heavy atom. The summed E-state index contributed by atoms with van der Waals surface area (Å²) in [5.41, 5.74) is 15.2. The number of pyridine rings is 2. The molecule has 0 aliphatic heterocycles. The number of aliphatic carboxylic acids is 1. The van der Waals surface area contributed by atoms with Gasteiger partial charge in [0.1, 0.15) is 0 Å². The lowest BCUT2D eigenvalue weighted by molar-refractivity contribution is -0.465. The molecule has 65 heavy (non-hydrogen) atoms. The lowest BCUT2D eigenvalue weighted by atomic mass is 10.3. The number of halogens is 1. The van der Waals surface area contributed by atoms with E-state index in [1.165, 1.54) is 12.0 Å². The van der Waals surface area contributed by atoms with Crippen LogP contribution in [0.15, 0.2) is 41.1 Å². The number of carbonyl (C=O) groups is 2. The zero-order valence-electron chi connectivity index (χ0n) is 36.2. The summed E-state index contributed by atoms with van der Waals surface area (Å²) >= 11 is 3.45. The minimum Gasteiger partial charge on any atom is -0.479 e. The topological polar surface area (TPSA) is 318 Å². The third-order valence-electron chi connectivity index (χ3n) is 8.15. The number of carboxylic acid groups (broad SMARTS) is 1. The number of unbranched alkanes of at least 4 members (excludes halogenated alkanes) is 2. The standard InChI is InChI=1S/C19H24BrN7O3.C18H22N6O5.H2O3.H5P3/c1-4-5-9-29-19-24-16(21)15-17(25-19)27(18(20)23-15)10-12-7-6-8-13(22-12)30-11-14(28)26(2)3;1-3-4-8-28-17-22-15(19)14-16(23-17)24(18(21-14)27-2)9-11-6-5-7-12(20-11)29-10-13(25)26;2*1-3-2/h6-8H,4-5,9-11H2,1-3H3,(H2,21,24,25);5-7H,3-4,8-10H2,1-2H3,(H,25,26)(H2,19,22,23);1-2H;3H,1-2H2. The van der Waals surface area contributed by atoms with Gasteiger partial charge >= 0.3 is 18.0 Å². The Morgan fingerprint density at radius 2 is 1.20 bits per heavy atom. The molecule has 0 spiro atoms. The fraction of sp³-hybridized carbons (Fsp3) is 0.405. The molecule has 0 aliphatic carbocycles. The monoisotopic (exact) mass is 1030 g/mol. The van der Waals surface area contributed by atoms with E-state index in [1.807, 2.05) is 16.7 Å². The van der Waals surface area contributed by atoms with Gasteiger partial charge in [-0.05, 0) is 40.9 Å². The van der Waals surface area contributed by atoms with Gasteiger partial charge < -0.3 is 45.2 Å². The van der Waals surface area contributed by atoms with Crippen LogP contribution in [0.1, 0.15) is 50.9 Å². The van der Waals surface area contributed by atoms with Gasteiger partial charge in [-0.25, -0.2) is 30.3 Å². The molecule has 7 N–H and O–H groups in total. The van der Waals surface area contributed by atoms with Crippen molar-refractivity contribution >= 4 is 87.6 Å². The summed E-state index contributed by atoms with van der Waals surface area (Å²) in [5, 5.41) is 24.2. The number of amides is 1. The molecular weight excluding hydrogens is 975 g/mol. The Hall–Kier alpha value is -5.41. The first-order valence-electron chi connectivity index (χ1n) is 19.5. The van der Waals surface area contributed by atoms with Gasteiger partial charge in [-0.3, -0.25) is 13.9 Å². The fourth-order valence-corrected chi connectivity index (χ4v) is 5.59. The van der Waals surface area contributed by atoms with E-state index in [0.717, 1.165) is 33.6 Å². The number of hydrogen-bond acceptors (Lipinski definition) is 20. The zero-order valence-corrected chi connectivity index (χ0v) is 41.1. The molecule has 28 heteroatoms. The molecule has 2 atom stereocenters. The van der Waals surface area contributed by atoms with Crippen molar-refractivity contribution < 1.29 is 53.9 Å². The van der Waals surface area contributed by atoms with E-state index in [0.29, 0.717) is 64.1 Å². The molecule has 0 aliphatic rings. The average molecular weight is 1030 g/mol. The first kappa shape index (κ1) is 53.9. The molecule has 6 aromatic heterocycles. The summed E-state index contributed by atoms with van der Waals surface area (Å²) in [7, 11) is 10.9.